The van der Waals surface area contributed by atoms with E-state index in [1.54, 1.807) is 13.2 Å². The highest BCUT2D eigenvalue weighted by Gasteiger charge is 2.01. The summed E-state index contributed by atoms with van der Waals surface area (Å²) >= 11 is 0. The largest absolute Gasteiger partial charge is 0.469 e. The van der Waals surface area contributed by atoms with Crippen LogP contribution in [0.15, 0.2) is 29.4 Å². The van der Waals surface area contributed by atoms with Gasteiger partial charge in [0.05, 0.1) is 7.11 Å². The molecule has 1 aromatic heterocycles. The number of pyridine rings is 1. The van der Waals surface area contributed by atoms with Crippen LogP contribution < -0.4 is 10.6 Å². The van der Waals surface area contributed by atoms with Crippen molar-refractivity contribution in [1.29, 1.82) is 0 Å². The zero-order valence-electron chi connectivity index (χ0n) is 12.8. The van der Waals surface area contributed by atoms with Gasteiger partial charge in [0.15, 0.2) is 5.96 Å². The van der Waals surface area contributed by atoms with Crippen molar-refractivity contribution in [1.82, 2.24) is 15.6 Å². The van der Waals surface area contributed by atoms with E-state index in [1.807, 2.05) is 18.2 Å². The van der Waals surface area contributed by atoms with Crippen LogP contribution in [0, 0.1) is 0 Å². The Labute approximate surface area is 126 Å². The second-order valence-corrected chi connectivity index (χ2v) is 4.53. The number of hydrogen-bond donors (Lipinski definition) is 2. The lowest BCUT2D eigenvalue weighted by atomic mass is 10.2. The van der Waals surface area contributed by atoms with E-state index >= 15 is 0 Å². The first-order chi connectivity index (χ1) is 10.3. The number of nitrogens with one attached hydrogen (secondary N) is 2. The lowest BCUT2D eigenvalue weighted by Crippen LogP contribution is -2.38. The summed E-state index contributed by atoms with van der Waals surface area (Å²) in [4.78, 5) is 19.4. The van der Waals surface area contributed by atoms with E-state index in [9.17, 15) is 4.79 Å². The fourth-order valence-electron chi connectivity index (χ4n) is 1.78. The van der Waals surface area contributed by atoms with Crippen molar-refractivity contribution in [2.24, 2.45) is 4.99 Å². The van der Waals surface area contributed by atoms with Gasteiger partial charge in [0, 0.05) is 44.9 Å². The van der Waals surface area contributed by atoms with Crippen LogP contribution in [0.25, 0.3) is 0 Å². The molecule has 0 amide bonds. The maximum atomic E-state index is 11.0. The van der Waals surface area contributed by atoms with Gasteiger partial charge in [-0.25, -0.2) is 0 Å². The van der Waals surface area contributed by atoms with Gasteiger partial charge in [-0.2, -0.15) is 0 Å². The summed E-state index contributed by atoms with van der Waals surface area (Å²) in [6.45, 7) is 1.55. The van der Waals surface area contributed by atoms with Crippen LogP contribution in [-0.2, 0) is 16.0 Å². The van der Waals surface area contributed by atoms with Crippen LogP contribution in [0.2, 0.25) is 0 Å². The third-order valence-corrected chi connectivity index (χ3v) is 2.95. The van der Waals surface area contributed by atoms with Gasteiger partial charge in [-0.05, 0) is 25.0 Å². The van der Waals surface area contributed by atoms with Gasteiger partial charge in [0.2, 0.25) is 0 Å². The van der Waals surface area contributed by atoms with Crippen LogP contribution in [-0.4, -0.2) is 44.2 Å². The van der Waals surface area contributed by atoms with Crippen molar-refractivity contribution in [2.75, 3.05) is 27.2 Å². The number of unbranched alkanes of at least 4 members (excludes halogenated alkanes) is 1. The highest BCUT2D eigenvalue weighted by molar-refractivity contribution is 5.79. The Hall–Kier alpha value is -2.11. The number of aromatic nitrogens is 1. The quantitative estimate of drug-likeness (QED) is 0.325. The lowest BCUT2D eigenvalue weighted by molar-refractivity contribution is -0.140. The third kappa shape index (κ3) is 7.91. The van der Waals surface area contributed by atoms with Crippen molar-refractivity contribution in [2.45, 2.75) is 25.7 Å². The summed E-state index contributed by atoms with van der Waals surface area (Å²) in [5.74, 6) is 0.608. The average molecular weight is 292 g/mol. The molecule has 1 aromatic rings. The number of rotatable bonds is 8. The first-order valence-corrected chi connectivity index (χ1v) is 7.17. The Balaban J connectivity index is 2.11. The Bertz CT molecular complexity index is 435. The molecule has 0 radical (unpaired) electrons. The van der Waals surface area contributed by atoms with Crippen LogP contribution in [0.5, 0.6) is 0 Å². The third-order valence-electron chi connectivity index (χ3n) is 2.95. The monoisotopic (exact) mass is 292 g/mol. The average Bonchev–Trinajstić information content (AvgIpc) is 2.53. The van der Waals surface area contributed by atoms with E-state index in [4.69, 9.17) is 0 Å². The summed E-state index contributed by atoms with van der Waals surface area (Å²) in [7, 11) is 3.15. The summed E-state index contributed by atoms with van der Waals surface area (Å²) < 4.78 is 4.59. The van der Waals surface area contributed by atoms with E-state index in [2.05, 4.69) is 25.3 Å². The SMILES string of the molecule is CN=C(NCCCCC(=O)OC)NCCc1ccccn1. The molecule has 0 saturated heterocycles. The first-order valence-electron chi connectivity index (χ1n) is 7.17. The Morgan fingerprint density at radius 3 is 2.76 bits per heavy atom. The second kappa shape index (κ2) is 10.7. The number of methoxy groups -OCH3 is 1. The van der Waals surface area contributed by atoms with Crippen LogP contribution in [0.3, 0.4) is 0 Å². The van der Waals surface area contributed by atoms with E-state index in [0.29, 0.717) is 6.42 Å². The Morgan fingerprint density at radius 2 is 2.10 bits per heavy atom. The molecule has 6 heteroatoms. The molecule has 0 aromatic carbocycles. The molecule has 0 aliphatic heterocycles. The molecule has 116 valence electrons. The molecule has 0 atom stereocenters. The minimum atomic E-state index is -0.159. The molecule has 21 heavy (non-hydrogen) atoms. The first kappa shape index (κ1) is 16.9. The van der Waals surface area contributed by atoms with Gasteiger partial charge < -0.3 is 15.4 Å². The predicted octanol–water partition coefficient (Wildman–Crippen LogP) is 1.13. The Kier molecular flexibility index (Phi) is 8.59. The number of ether oxygens (including phenoxy) is 1. The molecule has 0 fully saturated rings. The highest BCUT2D eigenvalue weighted by Crippen LogP contribution is 1.96. The van der Waals surface area contributed by atoms with Gasteiger partial charge in [-0.15, -0.1) is 0 Å². The zero-order valence-corrected chi connectivity index (χ0v) is 12.8. The second-order valence-electron chi connectivity index (χ2n) is 4.53. The minimum absolute atomic E-state index is 0.159. The van der Waals surface area contributed by atoms with Gasteiger partial charge in [0.1, 0.15) is 0 Å². The topological polar surface area (TPSA) is 75.6 Å². The number of hydrogen-bond acceptors (Lipinski definition) is 4. The normalized spacial score (nSPS) is 11.0. The molecular formula is C15H24N4O2. The summed E-state index contributed by atoms with van der Waals surface area (Å²) in [5.41, 5.74) is 1.05. The molecular weight excluding hydrogens is 268 g/mol. The molecule has 0 aliphatic rings. The Morgan fingerprint density at radius 1 is 1.29 bits per heavy atom. The number of nitrogens with zero attached hydrogens (tertiary/aromatic N) is 2. The summed E-state index contributed by atoms with van der Waals surface area (Å²) in [5, 5.41) is 6.45. The molecule has 0 spiro atoms. The van der Waals surface area contributed by atoms with E-state index in [-0.39, 0.29) is 5.97 Å². The molecule has 0 unspecified atom stereocenters. The molecule has 2 N–H and O–H groups in total. The van der Waals surface area contributed by atoms with Crippen LogP contribution in [0.4, 0.5) is 0 Å². The van der Waals surface area contributed by atoms with E-state index < -0.39 is 0 Å². The summed E-state index contributed by atoms with van der Waals surface area (Å²) in [6, 6.07) is 5.90. The van der Waals surface area contributed by atoms with Crippen LogP contribution in [0.1, 0.15) is 25.0 Å². The van der Waals surface area contributed by atoms with Gasteiger partial charge >= 0.3 is 5.97 Å². The fraction of sp³-hybridized carbons (Fsp3) is 0.533. The maximum Gasteiger partial charge on any atom is 0.305 e. The van der Waals surface area contributed by atoms with Crippen LogP contribution >= 0.6 is 0 Å². The van der Waals surface area contributed by atoms with Crippen molar-refractivity contribution >= 4 is 11.9 Å². The predicted molar refractivity (Wildman–Crippen MR) is 83.2 cm³/mol. The molecule has 0 bridgehead atoms. The fourth-order valence-corrected chi connectivity index (χ4v) is 1.78. The number of esters is 1. The molecule has 0 saturated carbocycles. The highest BCUT2D eigenvalue weighted by atomic mass is 16.5. The minimum Gasteiger partial charge on any atom is -0.469 e. The van der Waals surface area contributed by atoms with Gasteiger partial charge in [-0.3, -0.25) is 14.8 Å². The number of aliphatic imine (C=N–C) groups is 1. The maximum absolute atomic E-state index is 11.0. The van der Waals surface area contributed by atoms with E-state index in [0.717, 1.165) is 44.0 Å². The molecule has 0 aliphatic carbocycles. The standard InChI is InChI=1S/C15H24N4O2/c1-16-15(18-11-6-4-8-14(20)21-2)19-12-9-13-7-3-5-10-17-13/h3,5,7,10H,4,6,8-9,11-12H2,1-2H3,(H2,16,18,19). The summed E-state index contributed by atoms with van der Waals surface area (Å²) in [6.07, 6.45) is 4.82. The molecule has 6 nitrogen and oxygen atoms in total. The van der Waals surface area contributed by atoms with Crippen molar-refractivity contribution < 1.29 is 9.53 Å². The van der Waals surface area contributed by atoms with Gasteiger partial charge in [0.25, 0.3) is 0 Å². The number of guanidine groups is 1. The zero-order chi connectivity index (χ0) is 15.3. The van der Waals surface area contributed by atoms with Crippen molar-refractivity contribution in [3.05, 3.63) is 30.1 Å². The van der Waals surface area contributed by atoms with E-state index in [1.165, 1.54) is 7.11 Å². The molecule has 1 heterocycles. The van der Waals surface area contributed by atoms with Gasteiger partial charge in [-0.1, -0.05) is 6.07 Å². The van der Waals surface area contributed by atoms with Crippen molar-refractivity contribution in [3.63, 3.8) is 0 Å². The van der Waals surface area contributed by atoms with Crippen molar-refractivity contribution in [3.8, 4) is 0 Å². The smallest absolute Gasteiger partial charge is 0.305 e. The molecule has 1 rings (SSSR count). The number of carbonyl (C=O) groups is 1. The number of carbonyl (C=O) groups excluding carboxylic acids is 1. The lowest BCUT2D eigenvalue weighted by Gasteiger charge is -2.11.